The average molecular weight is 372 g/mol. The molecule has 0 aliphatic heterocycles. The van der Waals surface area contributed by atoms with E-state index in [1.54, 1.807) is 31.2 Å². The number of hydrogen-bond acceptors (Lipinski definition) is 4. The van der Waals surface area contributed by atoms with Gasteiger partial charge in [-0.3, -0.25) is 14.9 Å². The van der Waals surface area contributed by atoms with E-state index in [1.807, 2.05) is 0 Å². The number of anilines is 2. The van der Waals surface area contributed by atoms with E-state index >= 15 is 0 Å². The smallest absolute Gasteiger partial charge is 0.321 e. The summed E-state index contributed by atoms with van der Waals surface area (Å²) >= 11 is 0. The van der Waals surface area contributed by atoms with Gasteiger partial charge in [-0.15, -0.1) is 0 Å². The fourth-order valence-electron chi connectivity index (χ4n) is 3.24. The monoisotopic (exact) mass is 372 g/mol. The molecule has 3 rings (SSSR count). The Hall–Kier alpha value is -2.57. The molecule has 27 heavy (non-hydrogen) atoms. The predicted molar refractivity (Wildman–Crippen MR) is 104 cm³/mol. The fourth-order valence-corrected chi connectivity index (χ4v) is 3.24. The summed E-state index contributed by atoms with van der Waals surface area (Å²) in [4.78, 5) is 35.9. The normalized spacial score (nSPS) is 18.3. The summed E-state index contributed by atoms with van der Waals surface area (Å²) < 4.78 is 0. The third-order valence-corrected chi connectivity index (χ3v) is 5.05. The fraction of sp³-hybridized carbons (Fsp3) is 0.550. The Labute approximate surface area is 159 Å². The van der Waals surface area contributed by atoms with Crippen LogP contribution in [-0.2, 0) is 9.59 Å². The van der Waals surface area contributed by atoms with E-state index in [0.717, 1.165) is 49.9 Å². The van der Waals surface area contributed by atoms with E-state index < -0.39 is 12.1 Å². The van der Waals surface area contributed by atoms with Crippen molar-refractivity contribution in [3.63, 3.8) is 0 Å². The van der Waals surface area contributed by atoms with Gasteiger partial charge in [-0.1, -0.05) is 19.3 Å². The minimum absolute atomic E-state index is 0.0624. The first-order valence-corrected chi connectivity index (χ1v) is 9.80. The summed E-state index contributed by atoms with van der Waals surface area (Å²) in [5.41, 5.74) is 1.48. The van der Waals surface area contributed by atoms with Crippen LogP contribution in [0.15, 0.2) is 24.3 Å². The number of nitrogens with one attached hydrogen (secondary N) is 4. The van der Waals surface area contributed by atoms with Crippen molar-refractivity contribution in [3.8, 4) is 0 Å². The zero-order chi connectivity index (χ0) is 19.2. The molecule has 1 aromatic carbocycles. The zero-order valence-corrected chi connectivity index (χ0v) is 15.7. The van der Waals surface area contributed by atoms with Crippen LogP contribution < -0.4 is 21.3 Å². The van der Waals surface area contributed by atoms with Crippen LogP contribution in [0.3, 0.4) is 0 Å². The standard InChI is InChI=1S/C20H28N4O3/c1-13(18(25)24-20(27)23-15-5-3-2-4-6-15)21-16-9-11-17(12-10-16)22-19(26)14-7-8-14/h9-15,21H,2-8H2,1H3,(H,22,26)(H2,23,24,25,27). The lowest BCUT2D eigenvalue weighted by atomic mass is 9.96. The number of rotatable bonds is 6. The molecule has 1 unspecified atom stereocenters. The maximum atomic E-state index is 12.2. The molecular formula is C20H28N4O3. The molecule has 1 aromatic rings. The topological polar surface area (TPSA) is 99.3 Å². The molecule has 0 saturated heterocycles. The second-order valence-corrected chi connectivity index (χ2v) is 7.50. The Morgan fingerprint density at radius 1 is 0.926 bits per heavy atom. The van der Waals surface area contributed by atoms with E-state index in [2.05, 4.69) is 21.3 Å². The molecule has 0 spiro atoms. The Kier molecular flexibility index (Phi) is 6.32. The van der Waals surface area contributed by atoms with Gasteiger partial charge in [0.25, 0.3) is 0 Å². The maximum absolute atomic E-state index is 12.2. The molecule has 1 atom stereocenters. The number of carbonyl (C=O) groups excluding carboxylic acids is 3. The van der Waals surface area contributed by atoms with Gasteiger partial charge < -0.3 is 16.0 Å². The summed E-state index contributed by atoms with van der Waals surface area (Å²) in [5, 5.41) is 11.2. The zero-order valence-electron chi connectivity index (χ0n) is 15.7. The highest BCUT2D eigenvalue weighted by Gasteiger charge is 2.29. The number of amides is 4. The van der Waals surface area contributed by atoms with Gasteiger partial charge in [-0.25, -0.2) is 4.79 Å². The summed E-state index contributed by atoms with van der Waals surface area (Å²) in [6.07, 6.45) is 7.32. The molecule has 4 N–H and O–H groups in total. The van der Waals surface area contributed by atoms with Gasteiger partial charge in [0, 0.05) is 23.3 Å². The maximum Gasteiger partial charge on any atom is 0.321 e. The number of benzene rings is 1. The van der Waals surface area contributed by atoms with Gasteiger partial charge in [0.05, 0.1) is 0 Å². The van der Waals surface area contributed by atoms with Gasteiger partial charge in [-0.2, -0.15) is 0 Å². The van der Waals surface area contributed by atoms with E-state index in [4.69, 9.17) is 0 Å². The van der Waals surface area contributed by atoms with Gasteiger partial charge in [0.1, 0.15) is 6.04 Å². The van der Waals surface area contributed by atoms with E-state index in [-0.39, 0.29) is 23.8 Å². The van der Waals surface area contributed by atoms with Crippen molar-refractivity contribution >= 4 is 29.2 Å². The largest absolute Gasteiger partial charge is 0.374 e. The molecule has 2 aliphatic rings. The molecule has 7 heteroatoms. The Bertz CT molecular complexity index is 679. The lowest BCUT2D eigenvalue weighted by Gasteiger charge is -2.23. The molecule has 2 saturated carbocycles. The van der Waals surface area contributed by atoms with E-state index in [0.29, 0.717) is 0 Å². The third-order valence-electron chi connectivity index (χ3n) is 5.05. The second-order valence-electron chi connectivity index (χ2n) is 7.50. The molecule has 0 radical (unpaired) electrons. The molecule has 4 amide bonds. The second kappa shape index (κ2) is 8.88. The highest BCUT2D eigenvalue weighted by atomic mass is 16.2. The van der Waals surface area contributed by atoms with E-state index in [1.165, 1.54) is 6.42 Å². The minimum atomic E-state index is -0.561. The lowest BCUT2D eigenvalue weighted by Crippen LogP contribution is -2.49. The van der Waals surface area contributed by atoms with Crippen molar-refractivity contribution in [3.05, 3.63) is 24.3 Å². The van der Waals surface area contributed by atoms with Crippen LogP contribution in [0.1, 0.15) is 51.9 Å². The molecule has 2 aliphatic carbocycles. The molecule has 7 nitrogen and oxygen atoms in total. The van der Waals surface area contributed by atoms with Crippen LogP contribution >= 0.6 is 0 Å². The first-order valence-electron chi connectivity index (χ1n) is 9.80. The highest BCUT2D eigenvalue weighted by Crippen LogP contribution is 2.30. The Balaban J connectivity index is 1.42. The van der Waals surface area contributed by atoms with Crippen LogP contribution in [-0.4, -0.2) is 29.9 Å². The molecule has 146 valence electrons. The first-order chi connectivity index (χ1) is 13.0. The molecular weight excluding hydrogens is 344 g/mol. The number of carbonyl (C=O) groups is 3. The van der Waals surface area contributed by atoms with Crippen LogP contribution in [0.2, 0.25) is 0 Å². The number of imide groups is 1. The highest BCUT2D eigenvalue weighted by molar-refractivity contribution is 5.98. The average Bonchev–Trinajstić information content (AvgIpc) is 3.49. The van der Waals surface area contributed by atoms with Gasteiger partial charge in [-0.05, 0) is 56.9 Å². The first kappa shape index (κ1) is 19.2. The molecule has 0 aromatic heterocycles. The third kappa shape index (κ3) is 5.98. The van der Waals surface area contributed by atoms with Crippen molar-refractivity contribution in [1.29, 1.82) is 0 Å². The summed E-state index contributed by atoms with van der Waals surface area (Å²) in [5.74, 6) is -0.159. The van der Waals surface area contributed by atoms with Crippen LogP contribution in [0.25, 0.3) is 0 Å². The molecule has 0 bridgehead atoms. The van der Waals surface area contributed by atoms with Crippen LogP contribution in [0, 0.1) is 5.92 Å². The van der Waals surface area contributed by atoms with Crippen molar-refractivity contribution < 1.29 is 14.4 Å². The van der Waals surface area contributed by atoms with Crippen LogP contribution in [0.4, 0.5) is 16.2 Å². The van der Waals surface area contributed by atoms with Crippen molar-refractivity contribution in [2.24, 2.45) is 5.92 Å². The number of hydrogen-bond donors (Lipinski definition) is 4. The lowest BCUT2D eigenvalue weighted by molar-refractivity contribution is -0.120. The minimum Gasteiger partial charge on any atom is -0.374 e. The van der Waals surface area contributed by atoms with Gasteiger partial charge in [0.15, 0.2) is 0 Å². The van der Waals surface area contributed by atoms with Crippen molar-refractivity contribution in [2.45, 2.75) is 64.0 Å². The SMILES string of the molecule is CC(Nc1ccc(NC(=O)C2CC2)cc1)C(=O)NC(=O)NC1CCCCC1. The van der Waals surface area contributed by atoms with Crippen molar-refractivity contribution in [2.75, 3.05) is 10.6 Å². The summed E-state index contributed by atoms with van der Waals surface area (Å²) in [6, 6.07) is 6.36. The molecule has 2 fully saturated rings. The summed E-state index contributed by atoms with van der Waals surface area (Å²) in [7, 11) is 0. The predicted octanol–water partition coefficient (Wildman–Crippen LogP) is 2.99. The quantitative estimate of drug-likeness (QED) is 0.617. The Morgan fingerprint density at radius 3 is 2.19 bits per heavy atom. The van der Waals surface area contributed by atoms with Crippen molar-refractivity contribution in [1.82, 2.24) is 10.6 Å². The van der Waals surface area contributed by atoms with Gasteiger partial charge in [0.2, 0.25) is 11.8 Å². The Morgan fingerprint density at radius 2 is 1.56 bits per heavy atom. The van der Waals surface area contributed by atoms with E-state index in [9.17, 15) is 14.4 Å². The van der Waals surface area contributed by atoms with Crippen LogP contribution in [0.5, 0.6) is 0 Å². The molecule has 0 heterocycles. The summed E-state index contributed by atoms with van der Waals surface area (Å²) in [6.45, 7) is 1.70. The van der Waals surface area contributed by atoms with Gasteiger partial charge >= 0.3 is 6.03 Å². The number of urea groups is 1.